The topological polar surface area (TPSA) is 81.6 Å². The summed E-state index contributed by atoms with van der Waals surface area (Å²) in [6, 6.07) is 0.149. The number of nitrogens with two attached hydrogens (primary N) is 2. The Bertz CT molecular complexity index is 272. The quantitative estimate of drug-likeness (QED) is 0.710. The summed E-state index contributed by atoms with van der Waals surface area (Å²) in [5.41, 5.74) is 11.3. The van der Waals surface area contributed by atoms with E-state index in [0.717, 1.165) is 13.0 Å². The number of carbonyl (C=O) groups is 1. The van der Waals surface area contributed by atoms with Gasteiger partial charge in [-0.05, 0) is 25.3 Å². The lowest BCUT2D eigenvalue weighted by Gasteiger charge is -2.44. The number of hydrogen-bond acceptors (Lipinski definition) is 4. The van der Waals surface area contributed by atoms with Crippen molar-refractivity contribution < 1.29 is 9.53 Å². The van der Waals surface area contributed by atoms with Gasteiger partial charge in [0.1, 0.15) is 6.04 Å². The third-order valence-electron chi connectivity index (χ3n) is 4.10. The highest BCUT2D eigenvalue weighted by atomic mass is 16.5. The molecule has 98 valence electrons. The molecule has 0 aromatic carbocycles. The van der Waals surface area contributed by atoms with E-state index in [9.17, 15) is 4.79 Å². The average molecular weight is 241 g/mol. The third-order valence-corrected chi connectivity index (χ3v) is 4.10. The second-order valence-electron chi connectivity index (χ2n) is 5.08. The molecule has 2 aliphatic rings. The van der Waals surface area contributed by atoms with Crippen LogP contribution in [0.4, 0.5) is 0 Å². The number of carbonyl (C=O) groups excluding carboxylic acids is 1. The number of nitrogens with zero attached hydrogens (tertiary/aromatic N) is 1. The van der Waals surface area contributed by atoms with Crippen molar-refractivity contribution in [2.24, 2.45) is 17.4 Å². The van der Waals surface area contributed by atoms with Crippen LogP contribution in [0.25, 0.3) is 0 Å². The maximum atomic E-state index is 11.5. The van der Waals surface area contributed by atoms with E-state index in [1.165, 1.54) is 19.3 Å². The number of primary amides is 1. The van der Waals surface area contributed by atoms with Crippen molar-refractivity contribution in [3.05, 3.63) is 0 Å². The van der Waals surface area contributed by atoms with Gasteiger partial charge in [0.25, 0.3) is 0 Å². The molecular weight excluding hydrogens is 218 g/mol. The van der Waals surface area contributed by atoms with Crippen molar-refractivity contribution >= 4 is 5.91 Å². The molecule has 0 aromatic rings. The fourth-order valence-electron chi connectivity index (χ4n) is 3.16. The molecule has 3 atom stereocenters. The van der Waals surface area contributed by atoms with Crippen LogP contribution in [-0.4, -0.2) is 49.2 Å². The first-order chi connectivity index (χ1) is 8.24. The van der Waals surface area contributed by atoms with Gasteiger partial charge in [-0.3, -0.25) is 9.69 Å². The smallest absolute Gasteiger partial charge is 0.237 e. The summed E-state index contributed by atoms with van der Waals surface area (Å²) in [5, 5.41) is 0. The first-order valence-corrected chi connectivity index (χ1v) is 6.57. The maximum absolute atomic E-state index is 11.5. The van der Waals surface area contributed by atoms with Crippen LogP contribution >= 0.6 is 0 Å². The van der Waals surface area contributed by atoms with E-state index >= 15 is 0 Å². The summed E-state index contributed by atoms with van der Waals surface area (Å²) < 4.78 is 5.36. The Morgan fingerprint density at radius 1 is 1.35 bits per heavy atom. The van der Waals surface area contributed by atoms with Gasteiger partial charge in [-0.25, -0.2) is 0 Å². The Kier molecular flexibility index (Phi) is 4.36. The molecule has 1 heterocycles. The largest absolute Gasteiger partial charge is 0.378 e. The molecule has 2 rings (SSSR count). The van der Waals surface area contributed by atoms with Crippen LogP contribution in [-0.2, 0) is 9.53 Å². The van der Waals surface area contributed by atoms with E-state index < -0.39 is 0 Å². The number of amides is 1. The minimum absolute atomic E-state index is 0.263. The van der Waals surface area contributed by atoms with E-state index in [1.807, 2.05) is 0 Å². The molecule has 0 aromatic heterocycles. The molecule has 5 nitrogen and oxygen atoms in total. The van der Waals surface area contributed by atoms with Crippen molar-refractivity contribution in [3.8, 4) is 0 Å². The number of rotatable bonds is 3. The van der Waals surface area contributed by atoms with E-state index in [1.54, 1.807) is 0 Å². The SMILES string of the molecule is NCC1CCCCC1N1CCOCC1C(N)=O. The molecule has 0 bridgehead atoms. The molecule has 17 heavy (non-hydrogen) atoms. The van der Waals surface area contributed by atoms with Crippen molar-refractivity contribution in [3.63, 3.8) is 0 Å². The maximum Gasteiger partial charge on any atom is 0.237 e. The van der Waals surface area contributed by atoms with Gasteiger partial charge in [0.15, 0.2) is 0 Å². The zero-order valence-electron chi connectivity index (χ0n) is 10.3. The molecule has 1 amide bonds. The second kappa shape index (κ2) is 5.80. The normalized spacial score (nSPS) is 35.7. The molecule has 3 unspecified atom stereocenters. The van der Waals surface area contributed by atoms with E-state index in [-0.39, 0.29) is 11.9 Å². The van der Waals surface area contributed by atoms with E-state index in [0.29, 0.717) is 31.7 Å². The van der Waals surface area contributed by atoms with Crippen LogP contribution < -0.4 is 11.5 Å². The summed E-state index contributed by atoms with van der Waals surface area (Å²) in [5.74, 6) is 0.231. The van der Waals surface area contributed by atoms with Gasteiger partial charge in [-0.2, -0.15) is 0 Å². The Labute approximate surface area is 102 Å². The molecular formula is C12H23N3O2. The lowest BCUT2D eigenvalue weighted by atomic mass is 9.82. The van der Waals surface area contributed by atoms with Gasteiger partial charge in [0.05, 0.1) is 13.2 Å². The Morgan fingerprint density at radius 3 is 2.82 bits per heavy atom. The molecule has 0 spiro atoms. The summed E-state index contributed by atoms with van der Waals surface area (Å²) in [6.45, 7) is 2.63. The Morgan fingerprint density at radius 2 is 2.12 bits per heavy atom. The molecule has 1 aliphatic carbocycles. The highest BCUT2D eigenvalue weighted by Gasteiger charge is 2.37. The van der Waals surface area contributed by atoms with Crippen LogP contribution in [0, 0.1) is 5.92 Å². The van der Waals surface area contributed by atoms with Crippen molar-refractivity contribution in [2.75, 3.05) is 26.3 Å². The standard InChI is InChI=1S/C12H23N3O2/c13-7-9-3-1-2-4-10(9)15-5-6-17-8-11(15)12(14)16/h9-11H,1-8,13H2,(H2,14,16). The summed E-state index contributed by atoms with van der Waals surface area (Å²) in [7, 11) is 0. The van der Waals surface area contributed by atoms with Crippen LogP contribution in [0.15, 0.2) is 0 Å². The zero-order valence-corrected chi connectivity index (χ0v) is 10.3. The molecule has 5 heteroatoms. The predicted octanol–water partition coefficient (Wildman–Crippen LogP) is -0.310. The lowest BCUT2D eigenvalue weighted by molar-refractivity contribution is -0.133. The van der Waals surface area contributed by atoms with E-state index in [2.05, 4.69) is 4.90 Å². The van der Waals surface area contributed by atoms with Crippen molar-refractivity contribution in [1.29, 1.82) is 0 Å². The highest BCUT2D eigenvalue weighted by molar-refractivity contribution is 5.80. The molecule has 0 radical (unpaired) electrons. The van der Waals surface area contributed by atoms with Crippen LogP contribution in [0.2, 0.25) is 0 Å². The van der Waals surface area contributed by atoms with Gasteiger partial charge in [0.2, 0.25) is 5.91 Å². The first-order valence-electron chi connectivity index (χ1n) is 6.57. The predicted molar refractivity (Wildman–Crippen MR) is 65.3 cm³/mol. The molecule has 1 aliphatic heterocycles. The minimum atomic E-state index is -0.272. The summed E-state index contributed by atoms with van der Waals surface area (Å²) >= 11 is 0. The fraction of sp³-hybridized carbons (Fsp3) is 0.917. The van der Waals surface area contributed by atoms with E-state index in [4.69, 9.17) is 16.2 Å². The van der Waals surface area contributed by atoms with Crippen LogP contribution in [0.1, 0.15) is 25.7 Å². The van der Waals surface area contributed by atoms with Crippen LogP contribution in [0.3, 0.4) is 0 Å². The number of ether oxygens (including phenoxy) is 1. The average Bonchev–Trinajstić information content (AvgIpc) is 2.38. The molecule has 1 saturated heterocycles. The molecule has 4 N–H and O–H groups in total. The number of morpholine rings is 1. The summed E-state index contributed by atoms with van der Waals surface area (Å²) in [6.07, 6.45) is 4.78. The monoisotopic (exact) mass is 241 g/mol. The van der Waals surface area contributed by atoms with Gasteiger partial charge in [-0.15, -0.1) is 0 Å². The van der Waals surface area contributed by atoms with Gasteiger partial charge < -0.3 is 16.2 Å². The van der Waals surface area contributed by atoms with Gasteiger partial charge in [0, 0.05) is 12.6 Å². The second-order valence-corrected chi connectivity index (χ2v) is 5.08. The van der Waals surface area contributed by atoms with Crippen molar-refractivity contribution in [1.82, 2.24) is 4.90 Å². The molecule has 1 saturated carbocycles. The highest BCUT2D eigenvalue weighted by Crippen LogP contribution is 2.29. The van der Waals surface area contributed by atoms with Gasteiger partial charge >= 0.3 is 0 Å². The fourth-order valence-corrected chi connectivity index (χ4v) is 3.16. The first kappa shape index (κ1) is 12.8. The van der Waals surface area contributed by atoms with Gasteiger partial charge in [-0.1, -0.05) is 12.8 Å². The lowest BCUT2D eigenvalue weighted by Crippen LogP contribution is -2.59. The van der Waals surface area contributed by atoms with Crippen LogP contribution in [0.5, 0.6) is 0 Å². The van der Waals surface area contributed by atoms with Crippen molar-refractivity contribution in [2.45, 2.75) is 37.8 Å². The molecule has 2 fully saturated rings. The zero-order chi connectivity index (χ0) is 12.3. The summed E-state index contributed by atoms with van der Waals surface area (Å²) in [4.78, 5) is 13.7. The third kappa shape index (κ3) is 2.78. The minimum Gasteiger partial charge on any atom is -0.378 e. The Hall–Kier alpha value is -0.650. The number of hydrogen-bond donors (Lipinski definition) is 2. The Balaban J connectivity index is 2.08.